The largest absolute Gasteiger partial charge is 0.478 e. The van der Waals surface area contributed by atoms with Gasteiger partial charge in [0.2, 0.25) is 0 Å². The Morgan fingerprint density at radius 2 is 1.94 bits per heavy atom. The summed E-state index contributed by atoms with van der Waals surface area (Å²) in [5.74, 6) is -1.00. The number of aromatic nitrogens is 2. The number of hydrogen-bond acceptors (Lipinski definition) is 3. The molecular weight excluding hydrogens is 222 g/mol. The first kappa shape index (κ1) is 10.9. The normalized spacial score (nSPS) is 9.88. The van der Waals surface area contributed by atoms with Crippen LogP contribution in [0.3, 0.4) is 0 Å². The zero-order chi connectivity index (χ0) is 12.3. The first-order valence-corrected chi connectivity index (χ1v) is 4.79. The number of hydrogen-bond donors (Lipinski definition) is 2. The van der Waals surface area contributed by atoms with E-state index in [2.05, 4.69) is 10.3 Å². The second-order valence-electron chi connectivity index (χ2n) is 3.28. The molecule has 0 saturated heterocycles. The molecule has 0 radical (unpaired) electrons. The van der Waals surface area contributed by atoms with Crippen LogP contribution in [0, 0.1) is 0 Å². The van der Waals surface area contributed by atoms with Crippen molar-refractivity contribution < 1.29 is 14.7 Å². The van der Waals surface area contributed by atoms with E-state index in [9.17, 15) is 9.59 Å². The molecule has 86 valence electrons. The minimum absolute atomic E-state index is 0.172. The molecule has 2 aromatic rings. The topological polar surface area (TPSA) is 84.2 Å². The number of imidazole rings is 1. The average Bonchev–Trinajstić information content (AvgIpc) is 2.83. The lowest BCUT2D eigenvalue weighted by Crippen LogP contribution is -2.17. The highest BCUT2D eigenvalue weighted by Gasteiger charge is 2.05. The zero-order valence-electron chi connectivity index (χ0n) is 8.70. The van der Waals surface area contributed by atoms with Crippen LogP contribution in [-0.2, 0) is 0 Å². The predicted octanol–water partition coefficient (Wildman–Crippen LogP) is 1.66. The Hall–Kier alpha value is -2.63. The lowest BCUT2D eigenvalue weighted by Gasteiger charge is -2.05. The summed E-state index contributed by atoms with van der Waals surface area (Å²) >= 11 is 0. The summed E-state index contributed by atoms with van der Waals surface area (Å²) in [6.07, 6.45) is 4.38. The second-order valence-corrected chi connectivity index (χ2v) is 3.28. The number of carbonyl (C=O) groups is 2. The number of carboxylic acid groups (broad SMARTS) is 1. The van der Waals surface area contributed by atoms with Crippen molar-refractivity contribution in [1.29, 1.82) is 0 Å². The SMILES string of the molecule is O=C(O)c1ccc(NC(=O)n2ccnc2)cc1. The quantitative estimate of drug-likeness (QED) is 0.823. The lowest BCUT2D eigenvalue weighted by atomic mass is 10.2. The molecule has 0 aliphatic carbocycles. The maximum absolute atomic E-state index is 11.6. The first-order valence-electron chi connectivity index (χ1n) is 4.79. The van der Waals surface area contributed by atoms with Crippen molar-refractivity contribution in [2.45, 2.75) is 0 Å². The molecule has 1 aromatic heterocycles. The molecule has 0 aliphatic rings. The monoisotopic (exact) mass is 231 g/mol. The molecule has 0 aliphatic heterocycles. The summed E-state index contributed by atoms with van der Waals surface area (Å²) in [5.41, 5.74) is 0.694. The van der Waals surface area contributed by atoms with Crippen molar-refractivity contribution in [3.63, 3.8) is 0 Å². The van der Waals surface area contributed by atoms with Crippen LogP contribution in [0.25, 0.3) is 0 Å². The number of nitrogens with zero attached hydrogens (tertiary/aromatic N) is 2. The van der Waals surface area contributed by atoms with E-state index < -0.39 is 5.97 Å². The van der Waals surface area contributed by atoms with Crippen molar-refractivity contribution in [3.05, 3.63) is 48.5 Å². The van der Waals surface area contributed by atoms with Gasteiger partial charge in [-0.2, -0.15) is 0 Å². The van der Waals surface area contributed by atoms with Crippen LogP contribution in [0.15, 0.2) is 43.0 Å². The highest BCUT2D eigenvalue weighted by Crippen LogP contribution is 2.09. The average molecular weight is 231 g/mol. The van der Waals surface area contributed by atoms with E-state index in [1.165, 1.54) is 47.6 Å². The molecule has 0 unspecified atom stereocenters. The third kappa shape index (κ3) is 2.49. The summed E-state index contributed by atoms with van der Waals surface area (Å²) in [6.45, 7) is 0. The van der Waals surface area contributed by atoms with Gasteiger partial charge in [-0.3, -0.25) is 4.57 Å². The maximum atomic E-state index is 11.6. The maximum Gasteiger partial charge on any atom is 0.335 e. The van der Waals surface area contributed by atoms with Crippen LogP contribution in [0.2, 0.25) is 0 Å². The number of carboxylic acids is 1. The van der Waals surface area contributed by atoms with Gasteiger partial charge in [0.15, 0.2) is 0 Å². The summed E-state index contributed by atoms with van der Waals surface area (Å²) in [7, 11) is 0. The molecule has 0 spiro atoms. The Balaban J connectivity index is 2.09. The molecule has 0 saturated carbocycles. The van der Waals surface area contributed by atoms with E-state index in [0.29, 0.717) is 5.69 Å². The number of aromatic carboxylic acids is 1. The van der Waals surface area contributed by atoms with Crippen LogP contribution in [0.1, 0.15) is 10.4 Å². The molecular formula is C11H9N3O3. The highest BCUT2D eigenvalue weighted by molar-refractivity contribution is 5.92. The Labute approximate surface area is 96.5 Å². The highest BCUT2D eigenvalue weighted by atomic mass is 16.4. The molecule has 1 heterocycles. The zero-order valence-corrected chi connectivity index (χ0v) is 8.70. The van der Waals surface area contributed by atoms with E-state index in [0.717, 1.165) is 0 Å². The molecule has 0 atom stereocenters. The van der Waals surface area contributed by atoms with Crippen molar-refractivity contribution in [1.82, 2.24) is 9.55 Å². The van der Waals surface area contributed by atoms with E-state index in [1.54, 1.807) is 0 Å². The molecule has 2 rings (SSSR count). The van der Waals surface area contributed by atoms with Gasteiger partial charge in [0.1, 0.15) is 6.33 Å². The minimum Gasteiger partial charge on any atom is -0.478 e. The van der Waals surface area contributed by atoms with Gasteiger partial charge >= 0.3 is 12.0 Å². The molecule has 0 fully saturated rings. The first-order chi connectivity index (χ1) is 8.16. The Morgan fingerprint density at radius 3 is 2.47 bits per heavy atom. The third-order valence-corrected chi connectivity index (χ3v) is 2.12. The Kier molecular flexibility index (Phi) is 2.87. The van der Waals surface area contributed by atoms with Gasteiger partial charge in [0, 0.05) is 18.1 Å². The van der Waals surface area contributed by atoms with Crippen LogP contribution in [-0.4, -0.2) is 26.7 Å². The number of carbonyl (C=O) groups excluding carboxylic acids is 1. The van der Waals surface area contributed by atoms with E-state index in [4.69, 9.17) is 5.11 Å². The van der Waals surface area contributed by atoms with Gasteiger partial charge in [0.05, 0.1) is 5.56 Å². The van der Waals surface area contributed by atoms with Crippen molar-refractivity contribution in [2.24, 2.45) is 0 Å². The van der Waals surface area contributed by atoms with Gasteiger partial charge in [-0.15, -0.1) is 0 Å². The van der Waals surface area contributed by atoms with Crippen molar-refractivity contribution >= 4 is 17.7 Å². The van der Waals surface area contributed by atoms with Gasteiger partial charge in [-0.05, 0) is 24.3 Å². The summed E-state index contributed by atoms with van der Waals surface area (Å²) in [4.78, 5) is 26.0. The van der Waals surface area contributed by atoms with Crippen LogP contribution >= 0.6 is 0 Å². The molecule has 2 N–H and O–H groups in total. The smallest absolute Gasteiger partial charge is 0.335 e. The molecule has 1 amide bonds. The minimum atomic E-state index is -1.00. The number of anilines is 1. The number of amides is 1. The van der Waals surface area contributed by atoms with E-state index in [1.807, 2.05) is 0 Å². The summed E-state index contributed by atoms with van der Waals surface area (Å²) in [5, 5.41) is 11.3. The Morgan fingerprint density at radius 1 is 1.24 bits per heavy atom. The van der Waals surface area contributed by atoms with Gasteiger partial charge < -0.3 is 10.4 Å². The van der Waals surface area contributed by atoms with Crippen LogP contribution in [0.4, 0.5) is 10.5 Å². The Bertz CT molecular complexity index is 532. The van der Waals surface area contributed by atoms with Crippen molar-refractivity contribution in [3.8, 4) is 0 Å². The molecule has 17 heavy (non-hydrogen) atoms. The fourth-order valence-corrected chi connectivity index (χ4v) is 1.26. The van der Waals surface area contributed by atoms with Gasteiger partial charge in [-0.25, -0.2) is 14.6 Å². The molecule has 6 heteroatoms. The fraction of sp³-hybridized carbons (Fsp3) is 0. The number of rotatable bonds is 2. The van der Waals surface area contributed by atoms with E-state index in [-0.39, 0.29) is 11.6 Å². The number of benzene rings is 1. The summed E-state index contributed by atoms with van der Waals surface area (Å²) < 4.78 is 1.28. The second kappa shape index (κ2) is 4.48. The summed E-state index contributed by atoms with van der Waals surface area (Å²) in [6, 6.07) is 5.54. The number of nitrogens with one attached hydrogen (secondary N) is 1. The lowest BCUT2D eigenvalue weighted by molar-refractivity contribution is 0.0697. The van der Waals surface area contributed by atoms with Gasteiger partial charge in [0.25, 0.3) is 0 Å². The molecule has 6 nitrogen and oxygen atoms in total. The van der Waals surface area contributed by atoms with Crippen molar-refractivity contribution in [2.75, 3.05) is 5.32 Å². The van der Waals surface area contributed by atoms with E-state index >= 15 is 0 Å². The van der Waals surface area contributed by atoms with Crippen LogP contribution in [0.5, 0.6) is 0 Å². The third-order valence-electron chi connectivity index (χ3n) is 2.12. The predicted molar refractivity (Wildman–Crippen MR) is 60.0 cm³/mol. The van der Waals surface area contributed by atoms with Gasteiger partial charge in [-0.1, -0.05) is 0 Å². The fourth-order valence-electron chi connectivity index (χ4n) is 1.26. The van der Waals surface area contributed by atoms with Crippen LogP contribution < -0.4 is 5.32 Å². The molecule has 0 bridgehead atoms. The standard InChI is InChI=1S/C11H9N3O3/c15-10(16)8-1-3-9(4-2-8)13-11(17)14-6-5-12-7-14/h1-7H,(H,13,17)(H,15,16). The molecule has 1 aromatic carbocycles.